The van der Waals surface area contributed by atoms with Crippen LogP contribution in [0.1, 0.15) is 48.9 Å². The van der Waals surface area contributed by atoms with Gasteiger partial charge in [0.05, 0.1) is 25.7 Å². The van der Waals surface area contributed by atoms with Gasteiger partial charge in [-0.15, -0.1) is 0 Å². The van der Waals surface area contributed by atoms with E-state index in [2.05, 4.69) is 10.1 Å². The van der Waals surface area contributed by atoms with Crippen LogP contribution in [0.15, 0.2) is 78.9 Å². The lowest BCUT2D eigenvalue weighted by atomic mass is 9.94. The Balaban J connectivity index is 1.94. The molecule has 0 bridgehead atoms. The first-order valence-corrected chi connectivity index (χ1v) is 14.0. The molecule has 0 aliphatic carbocycles. The average molecular weight is 607 g/mol. The van der Waals surface area contributed by atoms with Gasteiger partial charge in [-0.05, 0) is 79.6 Å². The third kappa shape index (κ3) is 7.64. The van der Waals surface area contributed by atoms with Crippen molar-refractivity contribution in [3.8, 4) is 22.3 Å². The molecular weight excluding hydrogens is 573 g/mol. The number of ether oxygens (including phenoxy) is 1. The molecule has 1 aromatic heterocycles. The summed E-state index contributed by atoms with van der Waals surface area (Å²) in [6.45, 7) is 3.71. The predicted molar refractivity (Wildman–Crippen MR) is 162 cm³/mol. The second-order valence-corrected chi connectivity index (χ2v) is 10.5. The zero-order valence-corrected chi connectivity index (χ0v) is 24.4. The number of hydrogen-bond donors (Lipinski definition) is 3. The Morgan fingerprint density at radius 1 is 0.841 bits per heavy atom. The second-order valence-electron chi connectivity index (χ2n) is 10.5. The van der Waals surface area contributed by atoms with Crippen molar-refractivity contribution in [3.63, 3.8) is 0 Å². The molecule has 0 radical (unpaired) electrons. The smallest absolute Gasteiger partial charge is 0.308 e. The van der Waals surface area contributed by atoms with Gasteiger partial charge in [-0.2, -0.15) is 0 Å². The quantitative estimate of drug-likeness (QED) is 0.164. The summed E-state index contributed by atoms with van der Waals surface area (Å²) in [6, 6.07) is 16.2. The monoisotopic (exact) mass is 606 g/mol. The number of nitrogens with zero attached hydrogens (tertiary/aromatic N) is 1. The van der Waals surface area contributed by atoms with Gasteiger partial charge in [-0.25, -0.2) is 13.2 Å². The van der Waals surface area contributed by atoms with E-state index in [0.29, 0.717) is 33.6 Å². The van der Waals surface area contributed by atoms with Gasteiger partial charge >= 0.3 is 5.97 Å². The Labute approximate surface area is 253 Å². The van der Waals surface area contributed by atoms with Crippen molar-refractivity contribution in [1.29, 1.82) is 0 Å². The Kier molecular flexibility index (Phi) is 10.4. The summed E-state index contributed by atoms with van der Waals surface area (Å²) in [5, 5.41) is 23.8. The summed E-state index contributed by atoms with van der Waals surface area (Å²) < 4.78 is 48.0. The molecule has 0 unspecified atom stereocenters. The molecule has 44 heavy (non-hydrogen) atoms. The highest BCUT2D eigenvalue weighted by Crippen LogP contribution is 2.43. The van der Waals surface area contributed by atoms with Crippen molar-refractivity contribution in [2.24, 2.45) is 0 Å². The third-order valence-electron chi connectivity index (χ3n) is 6.96. The Morgan fingerprint density at radius 2 is 1.34 bits per heavy atom. The van der Waals surface area contributed by atoms with Crippen LogP contribution in [-0.2, 0) is 9.53 Å². The van der Waals surface area contributed by atoms with Crippen molar-refractivity contribution in [2.75, 3.05) is 12.4 Å². The molecule has 1 amide bonds. The van der Waals surface area contributed by atoms with Gasteiger partial charge < -0.3 is 24.8 Å². The Bertz CT molecular complexity index is 1630. The number of halogens is 3. The zero-order valence-electron chi connectivity index (χ0n) is 24.4. The first-order chi connectivity index (χ1) is 21.0. The molecule has 2 atom stereocenters. The fourth-order valence-corrected chi connectivity index (χ4v) is 4.98. The number of hydrogen-bond acceptors (Lipinski definition) is 5. The van der Waals surface area contributed by atoms with Crippen LogP contribution in [0.4, 0.5) is 18.9 Å². The fraction of sp³-hybridized carbons (Fsp3) is 0.235. The van der Waals surface area contributed by atoms with Crippen LogP contribution < -0.4 is 5.32 Å². The highest BCUT2D eigenvalue weighted by Gasteiger charge is 2.29. The van der Waals surface area contributed by atoms with Gasteiger partial charge in [-0.1, -0.05) is 30.3 Å². The molecule has 0 aliphatic rings. The van der Waals surface area contributed by atoms with E-state index in [1.807, 2.05) is 13.8 Å². The number of aliphatic hydroxyl groups excluding tert-OH is 2. The largest absolute Gasteiger partial charge is 0.469 e. The number of rotatable bonds is 11. The molecule has 10 heteroatoms. The van der Waals surface area contributed by atoms with E-state index in [1.54, 1.807) is 22.8 Å². The van der Waals surface area contributed by atoms with Crippen LogP contribution in [0, 0.1) is 17.5 Å². The maximum absolute atomic E-state index is 14.0. The van der Waals surface area contributed by atoms with Crippen LogP contribution >= 0.6 is 0 Å². The van der Waals surface area contributed by atoms with Crippen molar-refractivity contribution in [3.05, 3.63) is 108 Å². The maximum atomic E-state index is 14.0. The molecule has 0 aliphatic heterocycles. The number of esters is 1. The van der Waals surface area contributed by atoms with Gasteiger partial charge in [0.15, 0.2) is 0 Å². The third-order valence-corrected chi connectivity index (χ3v) is 6.96. The van der Waals surface area contributed by atoms with Crippen molar-refractivity contribution >= 4 is 23.6 Å². The fourth-order valence-electron chi connectivity index (χ4n) is 4.98. The number of anilines is 1. The molecule has 7 nitrogen and oxygen atoms in total. The van der Waals surface area contributed by atoms with E-state index >= 15 is 0 Å². The summed E-state index contributed by atoms with van der Waals surface area (Å²) >= 11 is 0. The molecule has 0 saturated heterocycles. The van der Waals surface area contributed by atoms with E-state index < -0.39 is 41.5 Å². The zero-order chi connectivity index (χ0) is 32.0. The predicted octanol–water partition coefficient (Wildman–Crippen LogP) is 6.76. The Hall–Kier alpha value is -4.67. The first-order valence-electron chi connectivity index (χ1n) is 14.0. The van der Waals surface area contributed by atoms with E-state index in [9.17, 15) is 33.0 Å². The van der Waals surface area contributed by atoms with Gasteiger partial charge in [0.1, 0.15) is 23.1 Å². The Morgan fingerprint density at radius 3 is 1.84 bits per heavy atom. The number of amides is 1. The summed E-state index contributed by atoms with van der Waals surface area (Å²) in [7, 11) is 1.20. The molecular formula is C34H33F3N2O5. The SMILES string of the molecule is COC(=O)C[C@H](O)C[C@H](O)C=Cc1c(-c2ccc(F)cc2)c(-c2ccc(F)cc2)c(C(=O)Nc2ccc(F)cc2)n1C(C)C. The first kappa shape index (κ1) is 32.2. The van der Waals surface area contributed by atoms with E-state index in [1.165, 1.54) is 73.8 Å². The lowest BCUT2D eigenvalue weighted by Crippen LogP contribution is -2.20. The molecule has 0 spiro atoms. The van der Waals surface area contributed by atoms with Crippen LogP contribution in [-0.4, -0.2) is 46.0 Å². The van der Waals surface area contributed by atoms with Crippen molar-refractivity contribution in [1.82, 2.24) is 4.57 Å². The lowest BCUT2D eigenvalue weighted by molar-refractivity contribution is -0.143. The topological polar surface area (TPSA) is 101 Å². The highest BCUT2D eigenvalue weighted by atomic mass is 19.1. The van der Waals surface area contributed by atoms with Crippen LogP contribution in [0.3, 0.4) is 0 Å². The van der Waals surface area contributed by atoms with E-state index in [0.717, 1.165) is 0 Å². The van der Waals surface area contributed by atoms with Gasteiger partial charge in [0.2, 0.25) is 0 Å². The minimum absolute atomic E-state index is 0.164. The molecule has 230 valence electrons. The minimum atomic E-state index is -1.18. The average Bonchev–Trinajstić information content (AvgIpc) is 3.33. The number of carbonyl (C=O) groups excluding carboxylic acids is 2. The van der Waals surface area contributed by atoms with Crippen molar-refractivity contribution in [2.45, 2.75) is 44.9 Å². The van der Waals surface area contributed by atoms with E-state index in [-0.39, 0.29) is 24.6 Å². The maximum Gasteiger partial charge on any atom is 0.308 e. The number of methoxy groups -OCH3 is 1. The number of benzene rings is 3. The van der Waals surface area contributed by atoms with Crippen LogP contribution in [0.25, 0.3) is 28.3 Å². The molecule has 4 aromatic rings. The second kappa shape index (κ2) is 14.2. The normalized spacial score (nSPS) is 12.8. The minimum Gasteiger partial charge on any atom is -0.469 e. The van der Waals surface area contributed by atoms with Crippen LogP contribution in [0.2, 0.25) is 0 Å². The number of nitrogens with one attached hydrogen (secondary N) is 1. The molecule has 0 fully saturated rings. The molecule has 3 aromatic carbocycles. The number of aliphatic hydroxyl groups is 2. The van der Waals surface area contributed by atoms with Gasteiger partial charge in [-0.3, -0.25) is 9.59 Å². The van der Waals surface area contributed by atoms with E-state index in [4.69, 9.17) is 0 Å². The molecule has 4 rings (SSSR count). The lowest BCUT2D eigenvalue weighted by Gasteiger charge is -2.17. The number of aromatic nitrogens is 1. The number of carbonyl (C=O) groups is 2. The summed E-state index contributed by atoms with van der Waals surface area (Å²) in [5.41, 5.74) is 2.97. The summed E-state index contributed by atoms with van der Waals surface area (Å²) in [4.78, 5) is 25.6. The van der Waals surface area contributed by atoms with Crippen molar-refractivity contribution < 1.29 is 37.7 Å². The molecule has 1 heterocycles. The molecule has 3 N–H and O–H groups in total. The highest BCUT2D eigenvalue weighted by molar-refractivity contribution is 6.11. The standard InChI is InChI=1S/C34H33F3N2O5/c1-20(2)39-29(17-16-27(40)18-28(41)19-30(42)44-3)31(21-4-8-23(35)9-5-21)32(22-6-10-24(36)11-7-22)33(39)34(43)38-26-14-12-25(37)13-15-26/h4-17,20,27-28,40-41H,18-19H2,1-3H3,(H,38,43)/t27-,28-/m1/s1. The molecule has 0 saturated carbocycles. The van der Waals surface area contributed by atoms with Gasteiger partial charge in [0.25, 0.3) is 5.91 Å². The van der Waals surface area contributed by atoms with Crippen LogP contribution in [0.5, 0.6) is 0 Å². The summed E-state index contributed by atoms with van der Waals surface area (Å²) in [6.07, 6.45) is 0.211. The summed E-state index contributed by atoms with van der Waals surface area (Å²) in [5.74, 6) is -2.58. The van der Waals surface area contributed by atoms with Gasteiger partial charge in [0, 0.05) is 35.0 Å².